The van der Waals surface area contributed by atoms with Crippen LogP contribution in [0.15, 0.2) is 0 Å². The molecule has 0 bridgehead atoms. The van der Waals surface area contributed by atoms with Gasteiger partial charge < -0.3 is 14.0 Å². The monoisotopic (exact) mass is 308 g/mol. The lowest BCUT2D eigenvalue weighted by Crippen LogP contribution is -2.41. The van der Waals surface area contributed by atoms with Gasteiger partial charge in [-0.05, 0) is 57.8 Å². The summed E-state index contributed by atoms with van der Waals surface area (Å²) in [6.07, 6.45) is 1.95. The van der Waals surface area contributed by atoms with Crippen LogP contribution < -0.4 is 0 Å². The van der Waals surface area contributed by atoms with E-state index in [0.717, 1.165) is 12.8 Å². The van der Waals surface area contributed by atoms with Crippen molar-refractivity contribution in [3.8, 4) is 0 Å². The lowest BCUT2D eigenvalue weighted by Gasteiger charge is -2.36. The van der Waals surface area contributed by atoms with E-state index in [0.29, 0.717) is 17.7 Å². The van der Waals surface area contributed by atoms with Crippen LogP contribution in [0, 0.1) is 23.2 Å². The van der Waals surface area contributed by atoms with Crippen LogP contribution >= 0.6 is 0 Å². The highest BCUT2D eigenvalue weighted by atomic mass is 16.7. The van der Waals surface area contributed by atoms with Crippen LogP contribution in [-0.2, 0) is 18.8 Å². The number of hydrogen-bond donors (Lipinski definition) is 0. The molecule has 0 aromatic heterocycles. The van der Waals surface area contributed by atoms with Crippen LogP contribution in [0.4, 0.5) is 0 Å². The lowest BCUT2D eigenvalue weighted by atomic mass is 9.69. The third-order valence-corrected chi connectivity index (χ3v) is 6.68. The molecule has 0 spiro atoms. The molecule has 0 N–H and O–H groups in total. The van der Waals surface area contributed by atoms with Crippen LogP contribution in [0.2, 0.25) is 5.82 Å². The fourth-order valence-electron chi connectivity index (χ4n) is 4.44. The van der Waals surface area contributed by atoms with Gasteiger partial charge >= 0.3 is 13.1 Å². The molecule has 0 aromatic rings. The number of rotatable bonds is 2. The average Bonchev–Trinajstić information content (AvgIpc) is 3.00. The standard InChI is InChI=1S/C17H29BO4/c1-15(2)9-11-10(8-12(15)14(19)20-7)13(11)18-21-16(3,4)17(5,6)22-18/h10-13H,8-9H2,1-7H3. The number of carbonyl (C=O) groups excluding carboxylic acids is 1. The first-order valence-corrected chi connectivity index (χ1v) is 8.44. The zero-order chi connectivity index (χ0) is 16.5. The third-order valence-electron chi connectivity index (χ3n) is 6.68. The SMILES string of the molecule is COC(=O)C1CC2C(CC1(C)C)C2B1OC(C)(C)C(C)(C)O1. The maximum absolute atomic E-state index is 12.1. The molecule has 3 aliphatic rings. The summed E-state index contributed by atoms with van der Waals surface area (Å²) < 4.78 is 17.5. The Morgan fingerprint density at radius 3 is 2.09 bits per heavy atom. The van der Waals surface area contributed by atoms with E-state index in [4.69, 9.17) is 14.0 Å². The van der Waals surface area contributed by atoms with Gasteiger partial charge in [0.25, 0.3) is 0 Å². The fraction of sp³-hybridized carbons (Fsp3) is 0.941. The molecule has 1 heterocycles. The molecule has 2 aliphatic carbocycles. The maximum atomic E-state index is 12.1. The molecule has 124 valence electrons. The smallest absolute Gasteiger partial charge is 0.461 e. The van der Waals surface area contributed by atoms with Crippen molar-refractivity contribution >= 4 is 13.1 Å². The molecule has 1 saturated heterocycles. The second-order valence-electron chi connectivity index (χ2n) is 9.03. The lowest BCUT2D eigenvalue weighted by molar-refractivity contribution is -0.151. The first-order chi connectivity index (χ1) is 10.00. The summed E-state index contributed by atoms with van der Waals surface area (Å²) in [7, 11) is 1.36. The van der Waals surface area contributed by atoms with E-state index >= 15 is 0 Å². The van der Waals surface area contributed by atoms with Gasteiger partial charge in [-0.15, -0.1) is 0 Å². The second-order valence-corrected chi connectivity index (χ2v) is 9.03. The van der Waals surface area contributed by atoms with Gasteiger partial charge in [-0.1, -0.05) is 13.8 Å². The van der Waals surface area contributed by atoms with Crippen molar-refractivity contribution < 1.29 is 18.8 Å². The molecule has 2 saturated carbocycles. The summed E-state index contributed by atoms with van der Waals surface area (Å²) in [5, 5.41) is 0. The van der Waals surface area contributed by atoms with E-state index in [-0.39, 0.29) is 35.6 Å². The average molecular weight is 308 g/mol. The summed E-state index contributed by atoms with van der Waals surface area (Å²) in [5.74, 6) is 1.50. The first kappa shape index (κ1) is 16.3. The number of esters is 1. The van der Waals surface area contributed by atoms with Gasteiger partial charge in [-0.2, -0.15) is 0 Å². The number of methoxy groups -OCH3 is 1. The molecular formula is C17H29BO4. The summed E-state index contributed by atoms with van der Waals surface area (Å²) in [6, 6.07) is 0. The minimum atomic E-state index is -0.277. The molecule has 3 rings (SSSR count). The van der Waals surface area contributed by atoms with E-state index in [9.17, 15) is 4.79 Å². The topological polar surface area (TPSA) is 44.8 Å². The van der Waals surface area contributed by atoms with Crippen molar-refractivity contribution in [2.45, 2.75) is 71.4 Å². The predicted molar refractivity (Wildman–Crippen MR) is 85.3 cm³/mol. The predicted octanol–water partition coefficient (Wildman–Crippen LogP) is 3.30. The van der Waals surface area contributed by atoms with E-state index in [1.54, 1.807) is 0 Å². The normalized spacial score (nSPS) is 41.0. The summed E-state index contributed by atoms with van der Waals surface area (Å²) in [4.78, 5) is 12.1. The highest BCUT2D eigenvalue weighted by molar-refractivity contribution is 6.49. The Bertz CT molecular complexity index is 469. The van der Waals surface area contributed by atoms with Crippen LogP contribution in [0.25, 0.3) is 0 Å². The zero-order valence-electron chi connectivity index (χ0n) is 14.9. The van der Waals surface area contributed by atoms with Crippen molar-refractivity contribution in [2.24, 2.45) is 23.2 Å². The third kappa shape index (κ3) is 2.32. The summed E-state index contributed by atoms with van der Waals surface area (Å²) >= 11 is 0. The van der Waals surface area contributed by atoms with Gasteiger partial charge in [-0.3, -0.25) is 4.79 Å². The quantitative estimate of drug-likeness (QED) is 0.580. The number of fused-ring (bicyclic) bond motifs is 1. The zero-order valence-corrected chi connectivity index (χ0v) is 14.9. The molecule has 0 aromatic carbocycles. The van der Waals surface area contributed by atoms with E-state index < -0.39 is 0 Å². The Morgan fingerprint density at radius 2 is 1.59 bits per heavy atom. The molecule has 0 amide bonds. The molecule has 4 nitrogen and oxygen atoms in total. The Balaban J connectivity index is 1.73. The van der Waals surface area contributed by atoms with Crippen molar-refractivity contribution in [3.63, 3.8) is 0 Å². The molecule has 4 unspecified atom stereocenters. The van der Waals surface area contributed by atoms with Crippen LogP contribution in [0.3, 0.4) is 0 Å². The highest BCUT2D eigenvalue weighted by Crippen LogP contribution is 2.68. The van der Waals surface area contributed by atoms with Gasteiger partial charge in [0.15, 0.2) is 0 Å². The largest absolute Gasteiger partial charge is 0.469 e. The van der Waals surface area contributed by atoms with Gasteiger partial charge in [0.2, 0.25) is 0 Å². The number of carbonyl (C=O) groups is 1. The van der Waals surface area contributed by atoms with Gasteiger partial charge in [0.1, 0.15) is 0 Å². The Kier molecular flexibility index (Phi) is 3.51. The van der Waals surface area contributed by atoms with Crippen LogP contribution in [-0.4, -0.2) is 31.4 Å². The Hall–Kier alpha value is -0.545. The van der Waals surface area contributed by atoms with E-state index in [2.05, 4.69) is 41.5 Å². The number of ether oxygens (including phenoxy) is 1. The second kappa shape index (κ2) is 4.73. The van der Waals surface area contributed by atoms with Crippen molar-refractivity contribution in [2.75, 3.05) is 7.11 Å². The molecule has 0 radical (unpaired) electrons. The molecule has 22 heavy (non-hydrogen) atoms. The first-order valence-electron chi connectivity index (χ1n) is 8.44. The highest BCUT2D eigenvalue weighted by Gasteiger charge is 2.68. The van der Waals surface area contributed by atoms with Crippen molar-refractivity contribution in [1.82, 2.24) is 0 Å². The van der Waals surface area contributed by atoms with E-state index in [1.165, 1.54) is 7.11 Å². The molecular weight excluding hydrogens is 279 g/mol. The number of hydrogen-bond acceptors (Lipinski definition) is 4. The molecule has 4 atom stereocenters. The summed E-state index contributed by atoms with van der Waals surface area (Å²) in [6.45, 7) is 12.8. The van der Waals surface area contributed by atoms with Crippen LogP contribution in [0.5, 0.6) is 0 Å². The maximum Gasteiger partial charge on any atom is 0.461 e. The van der Waals surface area contributed by atoms with Crippen molar-refractivity contribution in [1.29, 1.82) is 0 Å². The van der Waals surface area contributed by atoms with Gasteiger partial charge in [0.05, 0.1) is 24.2 Å². The van der Waals surface area contributed by atoms with Gasteiger partial charge in [-0.25, -0.2) is 0 Å². The Morgan fingerprint density at radius 1 is 1.05 bits per heavy atom. The minimum Gasteiger partial charge on any atom is -0.469 e. The van der Waals surface area contributed by atoms with Gasteiger partial charge in [0, 0.05) is 5.82 Å². The molecule has 1 aliphatic heterocycles. The van der Waals surface area contributed by atoms with E-state index in [1.807, 2.05) is 0 Å². The summed E-state index contributed by atoms with van der Waals surface area (Å²) in [5.41, 5.74) is -0.561. The molecule has 5 heteroatoms. The van der Waals surface area contributed by atoms with Crippen LogP contribution in [0.1, 0.15) is 54.4 Å². The van der Waals surface area contributed by atoms with Crippen molar-refractivity contribution in [3.05, 3.63) is 0 Å². The minimum absolute atomic E-state index is 0.00729. The Labute approximate surface area is 134 Å². The fourth-order valence-corrected chi connectivity index (χ4v) is 4.44. The molecule has 3 fully saturated rings.